The van der Waals surface area contributed by atoms with Crippen molar-refractivity contribution in [3.05, 3.63) is 35.9 Å². The first-order chi connectivity index (χ1) is 7.72. The predicted octanol–water partition coefficient (Wildman–Crippen LogP) is 3.45. The number of thiophene rings is 1. The second kappa shape index (κ2) is 3.35. The van der Waals surface area contributed by atoms with Crippen LogP contribution in [-0.4, -0.2) is 5.16 Å². The van der Waals surface area contributed by atoms with Crippen molar-refractivity contribution in [1.29, 1.82) is 0 Å². The fraction of sp³-hybridized carbons (Fsp3) is 0.0833. The Morgan fingerprint density at radius 1 is 1.25 bits per heavy atom. The second-order valence-electron chi connectivity index (χ2n) is 3.77. The van der Waals surface area contributed by atoms with Gasteiger partial charge in [0, 0.05) is 10.8 Å². The maximum absolute atomic E-state index is 5.53. The van der Waals surface area contributed by atoms with E-state index in [9.17, 15) is 0 Å². The molecule has 0 aliphatic rings. The van der Waals surface area contributed by atoms with Crippen LogP contribution in [0.15, 0.2) is 34.9 Å². The minimum absolute atomic E-state index is 0.420. The molecule has 2 heterocycles. The number of hydrogen-bond donors (Lipinski definition) is 1. The smallest absolute Gasteiger partial charge is 0.179 e. The van der Waals surface area contributed by atoms with Gasteiger partial charge in [0.2, 0.25) is 0 Å². The van der Waals surface area contributed by atoms with Gasteiger partial charge in [-0.05, 0) is 24.4 Å². The van der Waals surface area contributed by atoms with Crippen molar-refractivity contribution in [3.8, 4) is 10.6 Å². The summed E-state index contributed by atoms with van der Waals surface area (Å²) in [7, 11) is 0. The normalized spacial score (nSPS) is 11.1. The van der Waals surface area contributed by atoms with Gasteiger partial charge in [0.25, 0.3) is 0 Å². The molecule has 3 aromatic rings. The molecule has 3 nitrogen and oxygen atoms in total. The van der Waals surface area contributed by atoms with Gasteiger partial charge in [-0.3, -0.25) is 0 Å². The van der Waals surface area contributed by atoms with Crippen LogP contribution in [0.3, 0.4) is 0 Å². The molecule has 0 aliphatic heterocycles. The highest BCUT2D eigenvalue weighted by Crippen LogP contribution is 2.34. The average molecular weight is 230 g/mol. The predicted molar refractivity (Wildman–Crippen MR) is 66.5 cm³/mol. The molecule has 0 atom stereocenters. The summed E-state index contributed by atoms with van der Waals surface area (Å²) in [4.78, 5) is 1.06. The Morgan fingerprint density at radius 3 is 2.88 bits per heavy atom. The molecule has 0 bridgehead atoms. The summed E-state index contributed by atoms with van der Waals surface area (Å²) in [5.74, 6) is 1.15. The van der Waals surface area contributed by atoms with Crippen molar-refractivity contribution >= 4 is 27.2 Å². The number of hydrogen-bond acceptors (Lipinski definition) is 4. The van der Waals surface area contributed by atoms with E-state index in [2.05, 4.69) is 36.3 Å². The highest BCUT2D eigenvalue weighted by atomic mass is 32.1. The third-order valence-corrected chi connectivity index (χ3v) is 3.57. The standard InChI is InChI=1S/C12H10N2OS/c1-7-2-3-10-8(4-7)5-11(16-10)9-6-12(13)14-15-9/h2-6H,1H3,(H2,13,14). The molecule has 2 N–H and O–H groups in total. The molecule has 0 saturated carbocycles. The summed E-state index contributed by atoms with van der Waals surface area (Å²) in [5.41, 5.74) is 6.79. The minimum atomic E-state index is 0.420. The summed E-state index contributed by atoms with van der Waals surface area (Å²) < 4.78 is 6.39. The number of aryl methyl sites for hydroxylation is 1. The number of anilines is 1. The average Bonchev–Trinajstić information content (AvgIpc) is 2.83. The molecule has 16 heavy (non-hydrogen) atoms. The lowest BCUT2D eigenvalue weighted by Gasteiger charge is -1.89. The van der Waals surface area contributed by atoms with Gasteiger partial charge < -0.3 is 10.3 Å². The highest BCUT2D eigenvalue weighted by molar-refractivity contribution is 7.22. The van der Waals surface area contributed by atoms with Gasteiger partial charge in [-0.1, -0.05) is 22.9 Å². The summed E-state index contributed by atoms with van der Waals surface area (Å²) >= 11 is 1.68. The highest BCUT2D eigenvalue weighted by Gasteiger charge is 2.08. The zero-order chi connectivity index (χ0) is 11.1. The largest absolute Gasteiger partial charge is 0.381 e. The number of nitrogens with two attached hydrogens (primary N) is 1. The Morgan fingerprint density at radius 2 is 2.12 bits per heavy atom. The lowest BCUT2D eigenvalue weighted by molar-refractivity contribution is 0.436. The van der Waals surface area contributed by atoms with E-state index in [1.807, 2.05) is 0 Å². The van der Waals surface area contributed by atoms with Crippen LogP contribution in [0.4, 0.5) is 5.82 Å². The molecule has 0 radical (unpaired) electrons. The van der Waals surface area contributed by atoms with Gasteiger partial charge >= 0.3 is 0 Å². The van der Waals surface area contributed by atoms with E-state index in [4.69, 9.17) is 10.3 Å². The second-order valence-corrected chi connectivity index (χ2v) is 4.85. The Hall–Kier alpha value is -1.81. The van der Waals surface area contributed by atoms with Gasteiger partial charge in [-0.25, -0.2) is 0 Å². The molecule has 0 unspecified atom stereocenters. The van der Waals surface area contributed by atoms with E-state index in [-0.39, 0.29) is 0 Å². The lowest BCUT2D eigenvalue weighted by Crippen LogP contribution is -1.79. The maximum atomic E-state index is 5.53. The van der Waals surface area contributed by atoms with E-state index in [1.54, 1.807) is 17.4 Å². The zero-order valence-electron chi connectivity index (χ0n) is 8.73. The molecule has 1 aromatic carbocycles. The van der Waals surface area contributed by atoms with Crippen LogP contribution in [0.2, 0.25) is 0 Å². The zero-order valence-corrected chi connectivity index (χ0v) is 9.54. The third-order valence-electron chi connectivity index (χ3n) is 2.44. The van der Waals surface area contributed by atoms with E-state index in [0.29, 0.717) is 5.82 Å². The van der Waals surface area contributed by atoms with Crippen LogP contribution >= 0.6 is 11.3 Å². The third kappa shape index (κ3) is 1.47. The molecule has 0 amide bonds. The number of fused-ring (bicyclic) bond motifs is 1. The van der Waals surface area contributed by atoms with Crippen molar-refractivity contribution in [1.82, 2.24) is 5.16 Å². The van der Waals surface area contributed by atoms with Crippen molar-refractivity contribution in [2.75, 3.05) is 5.73 Å². The number of nitrogen functional groups attached to an aromatic ring is 1. The van der Waals surface area contributed by atoms with E-state index >= 15 is 0 Å². The van der Waals surface area contributed by atoms with Crippen LogP contribution < -0.4 is 5.73 Å². The quantitative estimate of drug-likeness (QED) is 0.696. The van der Waals surface area contributed by atoms with Crippen molar-refractivity contribution in [3.63, 3.8) is 0 Å². The molecule has 0 spiro atoms. The first-order valence-corrected chi connectivity index (χ1v) is 5.77. The Labute approximate surface area is 96.5 Å². The first kappa shape index (κ1) is 9.42. The van der Waals surface area contributed by atoms with Crippen molar-refractivity contribution in [2.45, 2.75) is 6.92 Å². The van der Waals surface area contributed by atoms with Crippen molar-refractivity contribution < 1.29 is 4.52 Å². The molecule has 4 heteroatoms. The summed E-state index contributed by atoms with van der Waals surface area (Å²) in [6, 6.07) is 10.2. The van der Waals surface area contributed by atoms with Crippen LogP contribution in [-0.2, 0) is 0 Å². The number of benzene rings is 1. The monoisotopic (exact) mass is 230 g/mol. The number of aromatic nitrogens is 1. The Balaban J connectivity index is 2.18. The molecule has 0 saturated heterocycles. The van der Waals surface area contributed by atoms with Crippen LogP contribution in [0.5, 0.6) is 0 Å². The Bertz CT molecular complexity index is 654. The van der Waals surface area contributed by atoms with Crippen LogP contribution in [0.25, 0.3) is 20.7 Å². The van der Waals surface area contributed by atoms with Crippen molar-refractivity contribution in [2.24, 2.45) is 0 Å². The topological polar surface area (TPSA) is 52.0 Å². The molecule has 2 aromatic heterocycles. The van der Waals surface area contributed by atoms with Gasteiger partial charge in [0.1, 0.15) is 0 Å². The van der Waals surface area contributed by atoms with E-state index < -0.39 is 0 Å². The fourth-order valence-corrected chi connectivity index (χ4v) is 2.68. The summed E-state index contributed by atoms with van der Waals surface area (Å²) in [6.45, 7) is 2.09. The first-order valence-electron chi connectivity index (χ1n) is 4.95. The Kier molecular flexibility index (Phi) is 1.97. The SMILES string of the molecule is Cc1ccc2sc(-c3cc(N)no3)cc2c1. The van der Waals surface area contributed by atoms with Crippen LogP contribution in [0.1, 0.15) is 5.56 Å². The lowest BCUT2D eigenvalue weighted by atomic mass is 10.2. The van der Waals surface area contributed by atoms with Gasteiger partial charge in [0.15, 0.2) is 11.6 Å². The molecule has 80 valence electrons. The van der Waals surface area contributed by atoms with E-state index in [1.165, 1.54) is 15.6 Å². The maximum Gasteiger partial charge on any atom is 0.179 e. The molecule has 3 rings (SSSR count). The summed E-state index contributed by atoms with van der Waals surface area (Å²) in [6.07, 6.45) is 0. The van der Waals surface area contributed by atoms with E-state index in [0.717, 1.165) is 10.6 Å². The molecule has 0 aliphatic carbocycles. The number of rotatable bonds is 1. The van der Waals surface area contributed by atoms with Gasteiger partial charge in [-0.2, -0.15) is 0 Å². The molecular weight excluding hydrogens is 220 g/mol. The molecule has 0 fully saturated rings. The molecular formula is C12H10N2OS. The minimum Gasteiger partial charge on any atom is -0.381 e. The van der Waals surface area contributed by atoms with Gasteiger partial charge in [-0.15, -0.1) is 11.3 Å². The summed E-state index contributed by atoms with van der Waals surface area (Å²) in [5, 5.41) is 4.92. The fourth-order valence-electron chi connectivity index (χ4n) is 1.69. The van der Waals surface area contributed by atoms with Crippen LogP contribution in [0, 0.1) is 6.92 Å². The number of nitrogens with zero attached hydrogens (tertiary/aromatic N) is 1. The van der Waals surface area contributed by atoms with Gasteiger partial charge in [0.05, 0.1) is 4.88 Å².